The minimum absolute atomic E-state index is 0.175. The third kappa shape index (κ3) is 28.4. The van der Waals surface area contributed by atoms with E-state index in [1.54, 1.807) is 0 Å². The van der Waals surface area contributed by atoms with E-state index in [0.29, 0.717) is 12.8 Å². The second kappa shape index (κ2) is 36.9. The van der Waals surface area contributed by atoms with Crippen LogP contribution in [0.1, 0.15) is 168 Å². The molecule has 6 unspecified atom stereocenters. The molecule has 11 nitrogen and oxygen atoms in total. The van der Waals surface area contributed by atoms with Crippen molar-refractivity contribution in [2.24, 2.45) is 0 Å². The van der Waals surface area contributed by atoms with Crippen molar-refractivity contribution < 1.29 is 53.8 Å². The number of allylic oxidation sites excluding steroid dienone is 10. The van der Waals surface area contributed by atoms with Crippen LogP contribution in [0, 0.1) is 0 Å². The number of carbonyl (C=O) groups is 3. The molecule has 1 aliphatic heterocycles. The van der Waals surface area contributed by atoms with Crippen molar-refractivity contribution in [2.75, 3.05) is 13.2 Å². The molecule has 0 aliphatic carbocycles. The molecule has 1 heterocycles. The van der Waals surface area contributed by atoms with E-state index in [1.807, 2.05) is 0 Å². The first-order valence-electron chi connectivity index (χ1n) is 22.3. The van der Waals surface area contributed by atoms with Gasteiger partial charge < -0.3 is 39.4 Å². The SMILES string of the molecule is CC/C=C\C/C=C\C/C=C\C/C=C\C/C=C\CCCCCC(=O)OCC(COC1OC(C(=O)O)C(O)C(O)C1O)OC(=O)CCCCCCCCCCCCCCC. The van der Waals surface area contributed by atoms with Crippen LogP contribution in [0.5, 0.6) is 0 Å². The van der Waals surface area contributed by atoms with Crippen molar-refractivity contribution in [1.82, 2.24) is 0 Å². The van der Waals surface area contributed by atoms with Crippen molar-refractivity contribution in [2.45, 2.75) is 205 Å². The smallest absolute Gasteiger partial charge is 0.335 e. The Morgan fingerprint density at radius 1 is 0.552 bits per heavy atom. The predicted molar refractivity (Wildman–Crippen MR) is 229 cm³/mol. The summed E-state index contributed by atoms with van der Waals surface area (Å²) in [5, 5.41) is 39.8. The van der Waals surface area contributed by atoms with E-state index < -0.39 is 61.3 Å². The number of hydrogen-bond donors (Lipinski definition) is 4. The maximum atomic E-state index is 12.7. The lowest BCUT2D eigenvalue weighted by Crippen LogP contribution is -2.60. The van der Waals surface area contributed by atoms with Crippen molar-refractivity contribution in [1.29, 1.82) is 0 Å². The maximum absolute atomic E-state index is 12.7. The van der Waals surface area contributed by atoms with Crippen LogP contribution in [-0.4, -0.2) is 88.4 Å². The van der Waals surface area contributed by atoms with Gasteiger partial charge in [-0.3, -0.25) is 9.59 Å². The number of aliphatic hydroxyl groups is 3. The van der Waals surface area contributed by atoms with E-state index in [0.717, 1.165) is 70.6 Å². The molecule has 0 saturated carbocycles. The maximum Gasteiger partial charge on any atom is 0.335 e. The highest BCUT2D eigenvalue weighted by Crippen LogP contribution is 2.23. The Kier molecular flexibility index (Phi) is 33.7. The van der Waals surface area contributed by atoms with E-state index in [9.17, 15) is 34.8 Å². The molecule has 0 radical (unpaired) electrons. The average molecular weight is 819 g/mol. The summed E-state index contributed by atoms with van der Waals surface area (Å²) in [6.45, 7) is 3.66. The molecule has 0 bridgehead atoms. The number of aliphatic hydroxyl groups excluding tert-OH is 3. The molecule has 0 aromatic carbocycles. The monoisotopic (exact) mass is 819 g/mol. The molecule has 4 N–H and O–H groups in total. The van der Waals surface area contributed by atoms with Crippen LogP contribution in [0.3, 0.4) is 0 Å². The Bertz CT molecular complexity index is 1190. The van der Waals surface area contributed by atoms with E-state index in [-0.39, 0.29) is 19.4 Å². The van der Waals surface area contributed by atoms with Crippen LogP contribution in [0.4, 0.5) is 0 Å². The highest BCUT2D eigenvalue weighted by Gasteiger charge is 2.47. The number of esters is 2. The quantitative estimate of drug-likeness (QED) is 0.0270. The third-order valence-electron chi connectivity index (χ3n) is 9.88. The lowest BCUT2D eigenvalue weighted by molar-refractivity contribution is -0.298. The molecular formula is C47H78O11. The van der Waals surface area contributed by atoms with Crippen molar-refractivity contribution in [3.63, 3.8) is 0 Å². The van der Waals surface area contributed by atoms with Gasteiger partial charge in [-0.2, -0.15) is 0 Å². The molecule has 1 aliphatic rings. The first-order chi connectivity index (χ1) is 28.2. The summed E-state index contributed by atoms with van der Waals surface area (Å²) in [7, 11) is 0. The molecule has 1 saturated heterocycles. The fraction of sp³-hybridized carbons (Fsp3) is 0.723. The van der Waals surface area contributed by atoms with E-state index in [1.165, 1.54) is 57.8 Å². The number of rotatable bonds is 36. The van der Waals surface area contributed by atoms with Gasteiger partial charge in [0, 0.05) is 12.8 Å². The lowest BCUT2D eigenvalue weighted by atomic mass is 9.99. The zero-order valence-electron chi connectivity index (χ0n) is 35.8. The Morgan fingerprint density at radius 3 is 1.53 bits per heavy atom. The number of hydrogen-bond acceptors (Lipinski definition) is 10. The largest absolute Gasteiger partial charge is 0.479 e. The molecule has 0 amide bonds. The Balaban J connectivity index is 2.39. The molecule has 6 atom stereocenters. The summed E-state index contributed by atoms with van der Waals surface area (Å²) < 4.78 is 21.7. The molecule has 0 spiro atoms. The molecular weight excluding hydrogens is 741 g/mol. The molecule has 1 fully saturated rings. The molecule has 1 rings (SSSR count). The Labute approximate surface area is 349 Å². The van der Waals surface area contributed by atoms with Crippen LogP contribution >= 0.6 is 0 Å². The zero-order chi connectivity index (χ0) is 42.5. The van der Waals surface area contributed by atoms with Gasteiger partial charge in [-0.15, -0.1) is 0 Å². The molecule has 0 aromatic heterocycles. The van der Waals surface area contributed by atoms with E-state index in [4.69, 9.17) is 18.9 Å². The zero-order valence-corrected chi connectivity index (χ0v) is 35.8. The number of ether oxygens (including phenoxy) is 4. The minimum Gasteiger partial charge on any atom is -0.479 e. The van der Waals surface area contributed by atoms with Gasteiger partial charge in [0.2, 0.25) is 0 Å². The van der Waals surface area contributed by atoms with Crippen LogP contribution in [-0.2, 0) is 33.3 Å². The highest BCUT2D eigenvalue weighted by atomic mass is 16.7. The van der Waals surface area contributed by atoms with Gasteiger partial charge in [0.05, 0.1) is 6.61 Å². The van der Waals surface area contributed by atoms with Crippen LogP contribution in [0.2, 0.25) is 0 Å². The van der Waals surface area contributed by atoms with Crippen LogP contribution in [0.25, 0.3) is 0 Å². The number of carboxylic acids is 1. The normalized spacial score (nSPS) is 20.6. The number of unbranched alkanes of at least 4 members (excludes halogenated alkanes) is 15. The van der Waals surface area contributed by atoms with Crippen molar-refractivity contribution in [3.05, 3.63) is 60.8 Å². The van der Waals surface area contributed by atoms with Gasteiger partial charge in [-0.25, -0.2) is 4.79 Å². The van der Waals surface area contributed by atoms with E-state index >= 15 is 0 Å². The van der Waals surface area contributed by atoms with Crippen LogP contribution in [0.15, 0.2) is 60.8 Å². The van der Waals surface area contributed by atoms with Crippen molar-refractivity contribution >= 4 is 17.9 Å². The molecule has 11 heteroatoms. The Hall–Kier alpha value is -3.09. The van der Waals surface area contributed by atoms with Crippen molar-refractivity contribution in [3.8, 4) is 0 Å². The summed E-state index contributed by atoms with van der Waals surface area (Å²) in [5.74, 6) is -2.49. The minimum atomic E-state index is -1.87. The molecule has 332 valence electrons. The standard InChI is InChI=1S/C47H78O11/c1-3-5-7-9-11-13-15-17-18-19-20-21-22-24-25-27-29-31-33-35-40(48)55-37-39(38-56-47-44(52)42(50)43(51)45(58-47)46(53)54)57-41(49)36-34-32-30-28-26-23-16-14-12-10-8-6-4-2/h5,7,11,13,17-18,20-21,24-25,39,42-45,47,50-52H,3-4,6,8-10,12,14-16,19,22-23,26-38H2,1-2H3,(H,53,54)/b7-5-,13-11-,18-17-,21-20-,25-24-. The summed E-state index contributed by atoms with van der Waals surface area (Å²) >= 11 is 0. The van der Waals surface area contributed by atoms with Gasteiger partial charge in [-0.05, 0) is 57.8 Å². The van der Waals surface area contributed by atoms with Gasteiger partial charge in [0.25, 0.3) is 0 Å². The summed E-state index contributed by atoms with van der Waals surface area (Å²) in [5.41, 5.74) is 0. The van der Waals surface area contributed by atoms with Gasteiger partial charge in [-0.1, -0.05) is 158 Å². The topological polar surface area (TPSA) is 169 Å². The average Bonchev–Trinajstić information content (AvgIpc) is 3.21. The summed E-state index contributed by atoms with van der Waals surface area (Å²) in [4.78, 5) is 36.8. The second-order valence-corrected chi connectivity index (χ2v) is 15.2. The summed E-state index contributed by atoms with van der Waals surface area (Å²) in [6, 6.07) is 0. The van der Waals surface area contributed by atoms with E-state index in [2.05, 4.69) is 74.6 Å². The highest BCUT2D eigenvalue weighted by molar-refractivity contribution is 5.73. The first kappa shape index (κ1) is 52.9. The second-order valence-electron chi connectivity index (χ2n) is 15.2. The number of carboxylic acid groups (broad SMARTS) is 1. The van der Waals surface area contributed by atoms with Crippen LogP contribution < -0.4 is 0 Å². The van der Waals surface area contributed by atoms with Gasteiger partial charge in [0.1, 0.15) is 24.9 Å². The third-order valence-corrected chi connectivity index (χ3v) is 9.88. The molecule has 0 aromatic rings. The predicted octanol–water partition coefficient (Wildman–Crippen LogP) is 9.53. The van der Waals surface area contributed by atoms with Gasteiger partial charge in [0.15, 0.2) is 18.5 Å². The fourth-order valence-corrected chi connectivity index (χ4v) is 6.37. The number of carbonyl (C=O) groups excluding carboxylic acids is 2. The number of aliphatic carboxylic acids is 1. The Morgan fingerprint density at radius 2 is 1.02 bits per heavy atom. The first-order valence-corrected chi connectivity index (χ1v) is 22.3. The molecule has 58 heavy (non-hydrogen) atoms. The fourth-order valence-electron chi connectivity index (χ4n) is 6.37. The summed E-state index contributed by atoms with van der Waals surface area (Å²) in [6.07, 6.45) is 35.6. The lowest BCUT2D eigenvalue weighted by Gasteiger charge is -2.38. The van der Waals surface area contributed by atoms with Gasteiger partial charge >= 0.3 is 17.9 Å².